The van der Waals surface area contributed by atoms with Gasteiger partial charge in [-0.3, -0.25) is 0 Å². The Morgan fingerprint density at radius 1 is 1.43 bits per heavy atom. The number of carbonyl (C=O) groups is 2. The number of aliphatic hydroxyl groups excluding tert-OH is 1. The summed E-state index contributed by atoms with van der Waals surface area (Å²) < 4.78 is 4.65. The highest BCUT2D eigenvalue weighted by atomic mass is 16.6. The second-order valence-corrected chi connectivity index (χ2v) is 2.97. The third-order valence-corrected chi connectivity index (χ3v) is 1.51. The highest BCUT2D eigenvalue weighted by Gasteiger charge is 2.22. The second-order valence-electron chi connectivity index (χ2n) is 2.97. The molecule has 0 aromatic rings. The maximum absolute atomic E-state index is 11.0. The summed E-state index contributed by atoms with van der Waals surface area (Å²) in [6.07, 6.45) is -1.48. The number of hydrogen-bond donors (Lipinski definition) is 2. The summed E-state index contributed by atoms with van der Waals surface area (Å²) in [6, 6.07) is 0. The van der Waals surface area contributed by atoms with E-state index in [4.69, 9.17) is 10.2 Å². The van der Waals surface area contributed by atoms with Gasteiger partial charge in [-0.05, 0) is 12.8 Å². The van der Waals surface area contributed by atoms with Crippen LogP contribution in [0.4, 0.5) is 4.79 Å². The Hall–Kier alpha value is -1.30. The van der Waals surface area contributed by atoms with Crippen LogP contribution in [0.2, 0.25) is 0 Å². The van der Waals surface area contributed by atoms with Crippen LogP contribution in [-0.4, -0.2) is 54.0 Å². The van der Waals surface area contributed by atoms with E-state index in [1.165, 1.54) is 14.1 Å². The van der Waals surface area contributed by atoms with E-state index in [1.54, 1.807) is 0 Å². The third-order valence-electron chi connectivity index (χ3n) is 1.51. The number of amides is 1. The number of aliphatic carboxylic acids is 1. The van der Waals surface area contributed by atoms with E-state index in [0.29, 0.717) is 0 Å². The van der Waals surface area contributed by atoms with Gasteiger partial charge in [0, 0.05) is 20.7 Å². The summed E-state index contributed by atoms with van der Waals surface area (Å²) in [5, 5.41) is 17.1. The Balaban J connectivity index is 4.09. The Morgan fingerprint density at radius 2 is 2.00 bits per heavy atom. The highest BCUT2D eigenvalue weighted by molar-refractivity contribution is 5.77. The molecule has 0 aromatic heterocycles. The van der Waals surface area contributed by atoms with Crippen LogP contribution in [0.5, 0.6) is 0 Å². The Kier molecular flexibility index (Phi) is 5.62. The van der Waals surface area contributed by atoms with E-state index >= 15 is 0 Å². The van der Waals surface area contributed by atoms with Crippen LogP contribution in [0.1, 0.15) is 12.8 Å². The van der Waals surface area contributed by atoms with Crippen molar-refractivity contribution >= 4 is 12.1 Å². The minimum atomic E-state index is -1.20. The summed E-state index contributed by atoms with van der Waals surface area (Å²) in [6.45, 7) is -0.122. The van der Waals surface area contributed by atoms with Crippen LogP contribution < -0.4 is 0 Å². The van der Waals surface area contributed by atoms with Crippen molar-refractivity contribution in [3.05, 3.63) is 0 Å². The molecule has 1 atom stereocenters. The van der Waals surface area contributed by atoms with Gasteiger partial charge in [-0.15, -0.1) is 0 Å². The van der Waals surface area contributed by atoms with Gasteiger partial charge in [0.2, 0.25) is 6.10 Å². The van der Waals surface area contributed by atoms with Gasteiger partial charge in [-0.2, -0.15) is 0 Å². The standard InChI is InChI=1S/C8H15NO5/c1-9(2)8(13)14-6(7(11)12)4-3-5-10/h6,10H,3-5H2,1-2H3,(H,11,12). The van der Waals surface area contributed by atoms with Crippen molar-refractivity contribution in [3.63, 3.8) is 0 Å². The monoisotopic (exact) mass is 205 g/mol. The van der Waals surface area contributed by atoms with Crippen LogP contribution in [0.25, 0.3) is 0 Å². The predicted molar refractivity (Wildman–Crippen MR) is 47.9 cm³/mol. The van der Waals surface area contributed by atoms with Crippen LogP contribution in [0.15, 0.2) is 0 Å². The molecule has 0 aromatic carbocycles. The zero-order valence-corrected chi connectivity index (χ0v) is 8.27. The Bertz CT molecular complexity index is 204. The van der Waals surface area contributed by atoms with Crippen molar-refractivity contribution in [2.45, 2.75) is 18.9 Å². The summed E-state index contributed by atoms with van der Waals surface area (Å²) in [5.74, 6) is -1.20. The van der Waals surface area contributed by atoms with Crippen molar-refractivity contribution in [1.82, 2.24) is 4.90 Å². The largest absolute Gasteiger partial charge is 0.479 e. The highest BCUT2D eigenvalue weighted by Crippen LogP contribution is 2.04. The first-order valence-electron chi connectivity index (χ1n) is 4.20. The van der Waals surface area contributed by atoms with Crippen LogP contribution in [0, 0.1) is 0 Å². The molecule has 1 unspecified atom stereocenters. The molecule has 0 aliphatic carbocycles. The topological polar surface area (TPSA) is 87.1 Å². The van der Waals surface area contributed by atoms with Crippen LogP contribution in [-0.2, 0) is 9.53 Å². The molecule has 0 aliphatic rings. The van der Waals surface area contributed by atoms with Crippen LogP contribution in [0.3, 0.4) is 0 Å². The summed E-state index contributed by atoms with van der Waals surface area (Å²) in [4.78, 5) is 22.7. The molecule has 14 heavy (non-hydrogen) atoms. The second kappa shape index (κ2) is 6.20. The number of hydrogen-bond acceptors (Lipinski definition) is 4. The minimum Gasteiger partial charge on any atom is -0.479 e. The first kappa shape index (κ1) is 12.7. The van der Waals surface area contributed by atoms with Crippen molar-refractivity contribution in [3.8, 4) is 0 Å². The fraction of sp³-hybridized carbons (Fsp3) is 0.750. The molecule has 0 radical (unpaired) electrons. The molecule has 0 rings (SSSR count). The minimum absolute atomic E-state index is 0.116. The summed E-state index contributed by atoms with van der Waals surface area (Å²) >= 11 is 0. The molecule has 0 bridgehead atoms. The molecule has 0 saturated carbocycles. The number of rotatable bonds is 5. The molecule has 2 N–H and O–H groups in total. The van der Waals surface area contributed by atoms with Crippen molar-refractivity contribution in [2.24, 2.45) is 0 Å². The number of carboxylic acid groups (broad SMARTS) is 1. The average Bonchev–Trinajstić information content (AvgIpc) is 2.10. The molecular formula is C8H15NO5. The van der Waals surface area contributed by atoms with E-state index in [2.05, 4.69) is 4.74 Å². The fourth-order valence-electron chi connectivity index (χ4n) is 0.737. The molecule has 6 nitrogen and oxygen atoms in total. The SMILES string of the molecule is CN(C)C(=O)OC(CCCO)C(=O)O. The van der Waals surface area contributed by atoms with Gasteiger partial charge < -0.3 is 19.8 Å². The zero-order valence-electron chi connectivity index (χ0n) is 8.27. The molecule has 1 amide bonds. The number of aliphatic hydroxyl groups is 1. The molecular weight excluding hydrogens is 190 g/mol. The van der Waals surface area contributed by atoms with Crippen LogP contribution >= 0.6 is 0 Å². The van der Waals surface area contributed by atoms with Crippen molar-refractivity contribution < 1.29 is 24.5 Å². The maximum Gasteiger partial charge on any atom is 0.410 e. The molecule has 0 aliphatic heterocycles. The maximum atomic E-state index is 11.0. The van der Waals surface area contributed by atoms with Gasteiger partial charge in [-0.1, -0.05) is 0 Å². The first-order valence-corrected chi connectivity index (χ1v) is 4.20. The lowest BCUT2D eigenvalue weighted by Crippen LogP contribution is -2.32. The van der Waals surface area contributed by atoms with Crippen molar-refractivity contribution in [2.75, 3.05) is 20.7 Å². The van der Waals surface area contributed by atoms with Gasteiger partial charge in [-0.25, -0.2) is 9.59 Å². The molecule has 6 heteroatoms. The zero-order chi connectivity index (χ0) is 11.1. The molecule has 0 heterocycles. The van der Waals surface area contributed by atoms with Gasteiger partial charge in [0.05, 0.1) is 0 Å². The number of carbonyl (C=O) groups excluding carboxylic acids is 1. The molecule has 0 fully saturated rings. The van der Waals surface area contributed by atoms with E-state index in [1.807, 2.05) is 0 Å². The van der Waals surface area contributed by atoms with E-state index in [-0.39, 0.29) is 19.4 Å². The predicted octanol–water partition coefficient (Wildman–Crippen LogP) is -0.0897. The normalized spacial score (nSPS) is 11.9. The number of nitrogens with zero attached hydrogens (tertiary/aromatic N) is 1. The average molecular weight is 205 g/mol. The lowest BCUT2D eigenvalue weighted by atomic mass is 10.2. The quantitative estimate of drug-likeness (QED) is 0.655. The Labute approximate surface area is 82.1 Å². The molecule has 0 saturated heterocycles. The lowest BCUT2D eigenvalue weighted by Gasteiger charge is -2.16. The van der Waals surface area contributed by atoms with E-state index in [9.17, 15) is 9.59 Å². The van der Waals surface area contributed by atoms with E-state index in [0.717, 1.165) is 4.90 Å². The van der Waals surface area contributed by atoms with E-state index < -0.39 is 18.2 Å². The Morgan fingerprint density at radius 3 is 2.36 bits per heavy atom. The molecule has 82 valence electrons. The van der Waals surface area contributed by atoms with Gasteiger partial charge in [0.25, 0.3) is 0 Å². The van der Waals surface area contributed by atoms with Crippen molar-refractivity contribution in [1.29, 1.82) is 0 Å². The van der Waals surface area contributed by atoms with Gasteiger partial charge in [0.15, 0.2) is 0 Å². The van der Waals surface area contributed by atoms with Gasteiger partial charge in [0.1, 0.15) is 0 Å². The number of ether oxygens (including phenoxy) is 1. The third kappa shape index (κ3) is 4.66. The smallest absolute Gasteiger partial charge is 0.410 e. The lowest BCUT2D eigenvalue weighted by molar-refractivity contribution is -0.147. The number of carboxylic acids is 1. The summed E-state index contributed by atoms with van der Waals surface area (Å²) in [7, 11) is 2.93. The molecule has 0 spiro atoms. The summed E-state index contributed by atoms with van der Waals surface area (Å²) in [5.41, 5.74) is 0. The first-order chi connectivity index (χ1) is 6.49. The van der Waals surface area contributed by atoms with Gasteiger partial charge >= 0.3 is 12.1 Å². The fourth-order valence-corrected chi connectivity index (χ4v) is 0.737.